The first-order chi connectivity index (χ1) is 5.27. The van der Waals surface area contributed by atoms with Gasteiger partial charge in [0.15, 0.2) is 0 Å². The van der Waals surface area contributed by atoms with Gasteiger partial charge in [0, 0.05) is 6.61 Å². The van der Waals surface area contributed by atoms with Crippen LogP contribution in [0.4, 0.5) is 0 Å². The first-order valence-corrected chi connectivity index (χ1v) is 4.58. The molecule has 1 aliphatic carbocycles. The lowest BCUT2D eigenvalue weighted by molar-refractivity contribution is 0.202. The number of aliphatic hydroxyl groups excluding tert-OH is 1. The van der Waals surface area contributed by atoms with Gasteiger partial charge >= 0.3 is 0 Å². The van der Waals surface area contributed by atoms with E-state index in [0.717, 1.165) is 18.3 Å². The van der Waals surface area contributed by atoms with Crippen LogP contribution in [0.25, 0.3) is 0 Å². The first kappa shape index (κ1) is 9.01. The zero-order valence-electron chi connectivity index (χ0n) is 7.29. The number of aliphatic hydroxyl groups is 1. The molecule has 0 spiro atoms. The predicted octanol–water partition coefficient (Wildman–Crippen LogP) is 0.990. The highest BCUT2D eigenvalue weighted by atomic mass is 16.3. The molecule has 2 heteroatoms. The van der Waals surface area contributed by atoms with E-state index >= 15 is 0 Å². The Morgan fingerprint density at radius 1 is 1.55 bits per heavy atom. The van der Waals surface area contributed by atoms with Crippen LogP contribution in [-0.2, 0) is 0 Å². The van der Waals surface area contributed by atoms with Crippen molar-refractivity contribution >= 4 is 0 Å². The third-order valence-corrected chi connectivity index (χ3v) is 2.72. The highest BCUT2D eigenvalue weighted by Gasteiger charge is 2.28. The fraction of sp³-hybridized carbons (Fsp3) is 1.00. The van der Waals surface area contributed by atoms with E-state index in [1.165, 1.54) is 12.8 Å². The first-order valence-electron chi connectivity index (χ1n) is 4.58. The van der Waals surface area contributed by atoms with Gasteiger partial charge < -0.3 is 10.8 Å². The van der Waals surface area contributed by atoms with E-state index in [0.29, 0.717) is 12.5 Å². The van der Waals surface area contributed by atoms with Gasteiger partial charge in [0.1, 0.15) is 0 Å². The average Bonchev–Trinajstić information content (AvgIpc) is 2.81. The average molecular weight is 157 g/mol. The van der Waals surface area contributed by atoms with Crippen LogP contribution < -0.4 is 5.73 Å². The van der Waals surface area contributed by atoms with Crippen LogP contribution in [0, 0.1) is 17.8 Å². The van der Waals surface area contributed by atoms with Crippen LogP contribution in [0.2, 0.25) is 0 Å². The van der Waals surface area contributed by atoms with Crippen molar-refractivity contribution in [2.45, 2.75) is 26.2 Å². The normalized spacial score (nSPS) is 23.2. The molecular weight excluding hydrogens is 138 g/mol. The Bertz CT molecular complexity index is 108. The van der Waals surface area contributed by atoms with E-state index in [1.807, 2.05) is 0 Å². The van der Waals surface area contributed by atoms with Crippen molar-refractivity contribution in [1.82, 2.24) is 0 Å². The maximum Gasteiger partial charge on any atom is 0.0471 e. The van der Waals surface area contributed by atoms with Crippen molar-refractivity contribution in [2.24, 2.45) is 23.5 Å². The van der Waals surface area contributed by atoms with E-state index < -0.39 is 0 Å². The summed E-state index contributed by atoms with van der Waals surface area (Å²) >= 11 is 0. The molecule has 1 saturated carbocycles. The molecule has 0 aromatic heterocycles. The Hall–Kier alpha value is -0.0800. The maximum absolute atomic E-state index is 8.90. The van der Waals surface area contributed by atoms with Crippen LogP contribution in [0.1, 0.15) is 26.2 Å². The second kappa shape index (κ2) is 4.07. The topological polar surface area (TPSA) is 46.2 Å². The summed E-state index contributed by atoms with van der Waals surface area (Å²) in [6.07, 6.45) is 3.89. The molecule has 1 rings (SSSR count). The Kier molecular flexibility index (Phi) is 3.34. The second-order valence-electron chi connectivity index (χ2n) is 3.83. The van der Waals surface area contributed by atoms with Gasteiger partial charge in [0.2, 0.25) is 0 Å². The smallest absolute Gasteiger partial charge is 0.0471 e. The lowest BCUT2D eigenvalue weighted by Crippen LogP contribution is -2.21. The molecule has 1 aliphatic rings. The second-order valence-corrected chi connectivity index (χ2v) is 3.83. The zero-order chi connectivity index (χ0) is 8.27. The van der Waals surface area contributed by atoms with Gasteiger partial charge in [-0.1, -0.05) is 6.92 Å². The predicted molar refractivity (Wildman–Crippen MR) is 46.1 cm³/mol. The largest absolute Gasteiger partial charge is 0.396 e. The van der Waals surface area contributed by atoms with E-state index in [-0.39, 0.29) is 6.61 Å². The molecular formula is C9H19NO. The summed E-state index contributed by atoms with van der Waals surface area (Å²) in [5, 5.41) is 8.90. The van der Waals surface area contributed by atoms with Gasteiger partial charge in [0.25, 0.3) is 0 Å². The van der Waals surface area contributed by atoms with E-state index in [9.17, 15) is 0 Å². The van der Waals surface area contributed by atoms with Gasteiger partial charge in [-0.05, 0) is 43.6 Å². The molecule has 0 radical (unpaired) electrons. The highest BCUT2D eigenvalue weighted by Crippen LogP contribution is 2.39. The van der Waals surface area contributed by atoms with Crippen LogP contribution >= 0.6 is 0 Å². The molecule has 0 aromatic carbocycles. The number of rotatable bonds is 5. The van der Waals surface area contributed by atoms with Crippen molar-refractivity contribution in [1.29, 1.82) is 0 Å². The fourth-order valence-corrected chi connectivity index (χ4v) is 1.63. The van der Waals surface area contributed by atoms with E-state index in [2.05, 4.69) is 6.92 Å². The third kappa shape index (κ3) is 2.80. The SMILES string of the molecule is CC(CC(CN)CO)C1CC1. The minimum Gasteiger partial charge on any atom is -0.396 e. The molecule has 0 aromatic rings. The third-order valence-electron chi connectivity index (χ3n) is 2.72. The molecule has 2 atom stereocenters. The molecule has 0 aliphatic heterocycles. The Morgan fingerprint density at radius 3 is 2.55 bits per heavy atom. The fourth-order valence-electron chi connectivity index (χ4n) is 1.63. The summed E-state index contributed by atoms with van der Waals surface area (Å²) < 4.78 is 0. The summed E-state index contributed by atoms with van der Waals surface area (Å²) in [5.41, 5.74) is 5.49. The summed E-state index contributed by atoms with van der Waals surface area (Å²) in [5.74, 6) is 2.05. The summed E-state index contributed by atoms with van der Waals surface area (Å²) in [6.45, 7) is 3.16. The Morgan fingerprint density at radius 2 is 2.18 bits per heavy atom. The van der Waals surface area contributed by atoms with Crippen LogP contribution in [0.15, 0.2) is 0 Å². The van der Waals surface area contributed by atoms with E-state index in [4.69, 9.17) is 10.8 Å². The molecule has 66 valence electrons. The minimum atomic E-state index is 0.258. The van der Waals surface area contributed by atoms with Gasteiger partial charge in [-0.3, -0.25) is 0 Å². The molecule has 0 bridgehead atoms. The quantitative estimate of drug-likeness (QED) is 0.625. The molecule has 2 unspecified atom stereocenters. The molecule has 11 heavy (non-hydrogen) atoms. The van der Waals surface area contributed by atoms with Gasteiger partial charge in [-0.15, -0.1) is 0 Å². The lowest BCUT2D eigenvalue weighted by atomic mass is 9.93. The zero-order valence-corrected chi connectivity index (χ0v) is 7.29. The van der Waals surface area contributed by atoms with E-state index in [1.54, 1.807) is 0 Å². The summed E-state index contributed by atoms with van der Waals surface area (Å²) in [6, 6.07) is 0. The van der Waals surface area contributed by atoms with Crippen LogP contribution in [0.5, 0.6) is 0 Å². The highest BCUT2D eigenvalue weighted by molar-refractivity contribution is 4.80. The Balaban J connectivity index is 2.15. The van der Waals surface area contributed by atoms with Crippen molar-refractivity contribution in [3.05, 3.63) is 0 Å². The number of hydrogen-bond acceptors (Lipinski definition) is 2. The van der Waals surface area contributed by atoms with Crippen molar-refractivity contribution < 1.29 is 5.11 Å². The summed E-state index contributed by atoms with van der Waals surface area (Å²) in [4.78, 5) is 0. The molecule has 0 amide bonds. The number of nitrogens with two attached hydrogens (primary N) is 1. The monoisotopic (exact) mass is 157 g/mol. The molecule has 3 N–H and O–H groups in total. The standard InChI is InChI=1S/C9H19NO/c1-7(9-2-3-9)4-8(5-10)6-11/h7-9,11H,2-6,10H2,1H3. The van der Waals surface area contributed by atoms with Crippen molar-refractivity contribution in [3.8, 4) is 0 Å². The molecule has 0 heterocycles. The van der Waals surface area contributed by atoms with Crippen LogP contribution in [0.3, 0.4) is 0 Å². The minimum absolute atomic E-state index is 0.258. The van der Waals surface area contributed by atoms with Crippen LogP contribution in [-0.4, -0.2) is 18.3 Å². The Labute approximate surface area is 68.8 Å². The van der Waals surface area contributed by atoms with Gasteiger partial charge in [-0.2, -0.15) is 0 Å². The van der Waals surface area contributed by atoms with Crippen molar-refractivity contribution in [3.63, 3.8) is 0 Å². The van der Waals surface area contributed by atoms with Gasteiger partial charge in [-0.25, -0.2) is 0 Å². The molecule has 0 saturated heterocycles. The maximum atomic E-state index is 8.90. The van der Waals surface area contributed by atoms with Gasteiger partial charge in [0.05, 0.1) is 0 Å². The molecule has 1 fully saturated rings. The van der Waals surface area contributed by atoms with Crippen molar-refractivity contribution in [2.75, 3.05) is 13.2 Å². The lowest BCUT2D eigenvalue weighted by Gasteiger charge is -2.16. The number of hydrogen-bond donors (Lipinski definition) is 2. The molecule has 2 nitrogen and oxygen atoms in total. The summed E-state index contributed by atoms with van der Waals surface area (Å²) in [7, 11) is 0.